The van der Waals surface area contributed by atoms with Crippen LogP contribution in [-0.4, -0.2) is 34.4 Å². The van der Waals surface area contributed by atoms with Gasteiger partial charge in [-0.2, -0.15) is 5.10 Å². The van der Waals surface area contributed by atoms with Gasteiger partial charge in [0.1, 0.15) is 6.54 Å². The Hall–Kier alpha value is -3.95. The molecule has 1 aromatic carbocycles. The number of imidazole rings is 1. The molecule has 10 heteroatoms. The molecule has 1 N–H and O–H groups in total. The van der Waals surface area contributed by atoms with E-state index in [0.29, 0.717) is 0 Å². The van der Waals surface area contributed by atoms with Crippen LogP contribution in [0.1, 0.15) is 5.56 Å². The summed E-state index contributed by atoms with van der Waals surface area (Å²) < 4.78 is 5.42. The van der Waals surface area contributed by atoms with Crippen molar-refractivity contribution < 1.29 is 4.79 Å². The van der Waals surface area contributed by atoms with E-state index in [4.69, 9.17) is 0 Å². The lowest BCUT2D eigenvalue weighted by Crippen LogP contribution is -2.43. The summed E-state index contributed by atoms with van der Waals surface area (Å²) in [5.74, 6) is -0.444. The predicted molar refractivity (Wildman–Crippen MR) is 106 cm³/mol. The number of nitrogens with one attached hydrogen (secondary N) is 1. The lowest BCUT2D eigenvalue weighted by Gasteiger charge is -2.12. The molecule has 0 unspecified atom stereocenters. The van der Waals surface area contributed by atoms with Gasteiger partial charge >= 0.3 is 5.69 Å². The second kappa shape index (κ2) is 7.23. The van der Waals surface area contributed by atoms with Crippen LogP contribution in [0.3, 0.4) is 0 Å². The van der Waals surface area contributed by atoms with Gasteiger partial charge in [-0.05, 0) is 17.7 Å². The van der Waals surface area contributed by atoms with Gasteiger partial charge in [-0.15, -0.1) is 0 Å². The van der Waals surface area contributed by atoms with Gasteiger partial charge in [0, 0.05) is 33.0 Å². The SMILES string of the molecule is Cn1cnc2c1c(=O)n(CC(=O)NCc1ccccc1-n1cccn1)c(=O)n2C. The second-order valence-corrected chi connectivity index (χ2v) is 6.62. The Kier molecular flexibility index (Phi) is 4.59. The number of benzene rings is 1. The van der Waals surface area contributed by atoms with Gasteiger partial charge in [-0.3, -0.25) is 14.2 Å². The summed E-state index contributed by atoms with van der Waals surface area (Å²) in [6.45, 7) is -0.144. The number of hydrogen-bond acceptors (Lipinski definition) is 5. The van der Waals surface area contributed by atoms with Gasteiger partial charge < -0.3 is 9.88 Å². The number of aromatic nitrogens is 6. The largest absolute Gasteiger partial charge is 0.350 e. The minimum Gasteiger partial charge on any atom is -0.350 e. The van der Waals surface area contributed by atoms with Gasteiger partial charge in [-0.25, -0.2) is 19.0 Å². The summed E-state index contributed by atoms with van der Waals surface area (Å²) in [7, 11) is 3.18. The van der Waals surface area contributed by atoms with Crippen molar-refractivity contribution in [3.63, 3.8) is 0 Å². The normalized spacial score (nSPS) is 11.1. The van der Waals surface area contributed by atoms with E-state index < -0.39 is 17.2 Å². The first kappa shape index (κ1) is 18.4. The minimum absolute atomic E-state index is 0.234. The van der Waals surface area contributed by atoms with Crippen molar-refractivity contribution in [3.8, 4) is 5.69 Å². The number of carbonyl (C=O) groups excluding carboxylic acids is 1. The van der Waals surface area contributed by atoms with Crippen LogP contribution < -0.4 is 16.6 Å². The molecule has 1 amide bonds. The maximum Gasteiger partial charge on any atom is 0.332 e. The molecule has 29 heavy (non-hydrogen) atoms. The van der Waals surface area contributed by atoms with Crippen LogP contribution in [0.5, 0.6) is 0 Å². The summed E-state index contributed by atoms with van der Waals surface area (Å²) in [5.41, 5.74) is 1.11. The second-order valence-electron chi connectivity index (χ2n) is 6.62. The summed E-state index contributed by atoms with van der Waals surface area (Å²) in [4.78, 5) is 41.8. The van der Waals surface area contributed by atoms with Gasteiger partial charge in [0.25, 0.3) is 5.56 Å². The highest BCUT2D eigenvalue weighted by Gasteiger charge is 2.17. The molecular formula is C19H19N7O3. The third-order valence-corrected chi connectivity index (χ3v) is 4.72. The van der Waals surface area contributed by atoms with E-state index in [2.05, 4.69) is 15.4 Å². The topological polar surface area (TPSA) is 109 Å². The number of para-hydroxylation sites is 1. The summed E-state index contributed by atoms with van der Waals surface area (Å²) in [6.07, 6.45) is 4.95. The van der Waals surface area contributed by atoms with Crippen molar-refractivity contribution in [3.05, 3.63) is 75.5 Å². The average Bonchev–Trinajstić information content (AvgIpc) is 3.38. The zero-order valence-corrected chi connectivity index (χ0v) is 15.9. The van der Waals surface area contributed by atoms with Crippen molar-refractivity contribution in [1.82, 2.24) is 33.8 Å². The quantitative estimate of drug-likeness (QED) is 0.511. The van der Waals surface area contributed by atoms with E-state index in [-0.39, 0.29) is 24.3 Å². The van der Waals surface area contributed by atoms with Crippen LogP contribution in [0.2, 0.25) is 0 Å². The van der Waals surface area contributed by atoms with Crippen LogP contribution in [0.25, 0.3) is 16.9 Å². The standard InChI is InChI=1S/C19H19N7O3/c1-23-12-21-17-16(23)18(28)25(19(29)24(17)2)11-15(27)20-10-13-6-3-4-7-14(13)26-9-5-8-22-26/h3-9,12H,10-11H2,1-2H3,(H,20,27). The van der Waals surface area contributed by atoms with Crippen LogP contribution in [-0.2, 0) is 32.0 Å². The number of aryl methyl sites for hydroxylation is 2. The van der Waals surface area contributed by atoms with E-state index in [1.807, 2.05) is 36.5 Å². The van der Waals surface area contributed by atoms with E-state index in [1.165, 1.54) is 22.5 Å². The molecule has 0 radical (unpaired) electrons. The lowest BCUT2D eigenvalue weighted by atomic mass is 10.2. The Morgan fingerprint density at radius 3 is 2.69 bits per heavy atom. The molecule has 0 saturated carbocycles. The Balaban J connectivity index is 1.57. The molecule has 4 rings (SSSR count). The fraction of sp³-hybridized carbons (Fsp3) is 0.211. The maximum absolute atomic E-state index is 12.7. The smallest absolute Gasteiger partial charge is 0.332 e. The Morgan fingerprint density at radius 2 is 1.93 bits per heavy atom. The highest BCUT2D eigenvalue weighted by molar-refractivity contribution is 5.76. The van der Waals surface area contributed by atoms with E-state index in [0.717, 1.165) is 15.8 Å². The van der Waals surface area contributed by atoms with Crippen LogP contribution >= 0.6 is 0 Å². The number of carbonyl (C=O) groups is 1. The van der Waals surface area contributed by atoms with Crippen molar-refractivity contribution in [2.45, 2.75) is 13.1 Å². The molecule has 10 nitrogen and oxygen atoms in total. The monoisotopic (exact) mass is 393 g/mol. The average molecular weight is 393 g/mol. The molecule has 0 saturated heterocycles. The Morgan fingerprint density at radius 1 is 1.14 bits per heavy atom. The molecule has 0 atom stereocenters. The predicted octanol–water partition coefficient (Wildman–Crippen LogP) is -0.0642. The number of rotatable bonds is 5. The zero-order valence-electron chi connectivity index (χ0n) is 15.9. The molecule has 0 bridgehead atoms. The molecular weight excluding hydrogens is 374 g/mol. The molecule has 0 fully saturated rings. The molecule has 0 aliphatic heterocycles. The third kappa shape index (κ3) is 3.24. The molecule has 0 spiro atoms. The van der Waals surface area contributed by atoms with Gasteiger partial charge in [0.05, 0.1) is 12.0 Å². The molecule has 0 aliphatic rings. The lowest BCUT2D eigenvalue weighted by molar-refractivity contribution is -0.121. The van der Waals surface area contributed by atoms with Crippen LogP contribution in [0.15, 0.2) is 58.6 Å². The van der Waals surface area contributed by atoms with Crippen molar-refractivity contribution >= 4 is 17.1 Å². The van der Waals surface area contributed by atoms with E-state index in [9.17, 15) is 14.4 Å². The summed E-state index contributed by atoms with van der Waals surface area (Å²) >= 11 is 0. The molecule has 4 aromatic rings. The molecule has 0 aliphatic carbocycles. The van der Waals surface area contributed by atoms with Gasteiger partial charge in [0.2, 0.25) is 5.91 Å². The van der Waals surface area contributed by atoms with Crippen LogP contribution in [0, 0.1) is 0 Å². The minimum atomic E-state index is -0.590. The summed E-state index contributed by atoms with van der Waals surface area (Å²) in [5, 5.41) is 6.98. The fourth-order valence-corrected chi connectivity index (χ4v) is 3.22. The Labute approximate surface area is 164 Å². The van der Waals surface area contributed by atoms with Crippen molar-refractivity contribution in [1.29, 1.82) is 0 Å². The number of nitrogens with zero attached hydrogens (tertiary/aromatic N) is 6. The van der Waals surface area contributed by atoms with Gasteiger partial charge in [0.15, 0.2) is 11.2 Å². The first-order valence-electron chi connectivity index (χ1n) is 8.93. The highest BCUT2D eigenvalue weighted by atomic mass is 16.2. The van der Waals surface area contributed by atoms with Crippen molar-refractivity contribution in [2.24, 2.45) is 14.1 Å². The molecule has 3 aromatic heterocycles. The zero-order chi connectivity index (χ0) is 20.5. The first-order chi connectivity index (χ1) is 14.0. The number of hydrogen-bond donors (Lipinski definition) is 1. The molecule has 3 heterocycles. The van der Waals surface area contributed by atoms with Gasteiger partial charge in [-0.1, -0.05) is 18.2 Å². The van der Waals surface area contributed by atoms with Crippen LogP contribution in [0.4, 0.5) is 0 Å². The maximum atomic E-state index is 12.7. The third-order valence-electron chi connectivity index (χ3n) is 4.72. The fourth-order valence-electron chi connectivity index (χ4n) is 3.22. The van der Waals surface area contributed by atoms with E-state index >= 15 is 0 Å². The Bertz CT molecular complexity index is 1310. The summed E-state index contributed by atoms with van der Waals surface area (Å²) in [6, 6.07) is 9.33. The van der Waals surface area contributed by atoms with Crippen molar-refractivity contribution in [2.75, 3.05) is 0 Å². The highest BCUT2D eigenvalue weighted by Crippen LogP contribution is 2.13. The number of fused-ring (bicyclic) bond motifs is 1. The number of amides is 1. The molecule has 148 valence electrons. The first-order valence-corrected chi connectivity index (χ1v) is 8.93. The van der Waals surface area contributed by atoms with E-state index in [1.54, 1.807) is 17.9 Å².